The summed E-state index contributed by atoms with van der Waals surface area (Å²) in [6.07, 6.45) is 5.91. The van der Waals surface area contributed by atoms with Crippen molar-refractivity contribution in [2.24, 2.45) is 5.92 Å². The van der Waals surface area contributed by atoms with E-state index in [2.05, 4.69) is 17.1 Å². The molecule has 0 unspecified atom stereocenters. The lowest BCUT2D eigenvalue weighted by atomic mass is 9.87. The smallest absolute Gasteiger partial charge is 0.0885 e. The van der Waals surface area contributed by atoms with Crippen molar-refractivity contribution in [1.82, 2.24) is 4.90 Å². The van der Waals surface area contributed by atoms with Crippen LogP contribution in [-0.2, 0) is 4.74 Å². The minimum Gasteiger partial charge on any atom is -0.379 e. The first kappa shape index (κ1) is 12.3. The summed E-state index contributed by atoms with van der Waals surface area (Å²) in [5, 5.41) is 2.43. The van der Waals surface area contributed by atoms with Crippen LogP contribution < -0.4 is 5.32 Å². The topological polar surface area (TPSA) is 29.1 Å². The maximum Gasteiger partial charge on any atom is 0.0885 e. The summed E-state index contributed by atoms with van der Waals surface area (Å²) in [6.45, 7) is 9.53. The molecule has 3 nitrogen and oxygen atoms in total. The van der Waals surface area contributed by atoms with Gasteiger partial charge >= 0.3 is 0 Å². The van der Waals surface area contributed by atoms with Crippen LogP contribution in [0.15, 0.2) is 0 Å². The Bertz CT molecular complexity index is 184. The van der Waals surface area contributed by atoms with Gasteiger partial charge in [0.25, 0.3) is 0 Å². The first-order valence-electron chi connectivity index (χ1n) is 7.04. The zero-order valence-electron chi connectivity index (χ0n) is 10.7. The number of nitrogens with two attached hydrogens (primary N) is 1. The van der Waals surface area contributed by atoms with Gasteiger partial charge in [0.2, 0.25) is 0 Å². The van der Waals surface area contributed by atoms with Crippen molar-refractivity contribution in [2.75, 3.05) is 39.3 Å². The normalized spacial score (nSPS) is 32.8. The number of rotatable bonds is 4. The van der Waals surface area contributed by atoms with Crippen molar-refractivity contribution in [2.45, 2.75) is 38.7 Å². The Hall–Kier alpha value is -0.120. The fraction of sp³-hybridized carbons (Fsp3) is 1.00. The lowest BCUT2D eigenvalue weighted by Gasteiger charge is -2.33. The second kappa shape index (κ2) is 6.58. The number of nitrogens with zero attached hydrogens (tertiary/aromatic N) is 1. The molecule has 0 bridgehead atoms. The van der Waals surface area contributed by atoms with Crippen LogP contribution >= 0.6 is 0 Å². The van der Waals surface area contributed by atoms with E-state index in [4.69, 9.17) is 4.74 Å². The van der Waals surface area contributed by atoms with E-state index < -0.39 is 0 Å². The second-order valence-corrected chi connectivity index (χ2v) is 5.26. The molecule has 1 heterocycles. The molecule has 0 amide bonds. The quantitative estimate of drug-likeness (QED) is 0.756. The van der Waals surface area contributed by atoms with Gasteiger partial charge in [0.15, 0.2) is 0 Å². The minimum atomic E-state index is 0.566. The lowest BCUT2D eigenvalue weighted by Crippen LogP contribution is -2.89. The molecular formula is C13H27N2O+. The van der Waals surface area contributed by atoms with Crippen molar-refractivity contribution in [1.29, 1.82) is 0 Å². The zero-order valence-corrected chi connectivity index (χ0v) is 10.7. The van der Waals surface area contributed by atoms with E-state index in [-0.39, 0.29) is 0 Å². The number of ether oxygens (including phenoxy) is 1. The summed E-state index contributed by atoms with van der Waals surface area (Å²) < 4.78 is 5.70. The van der Waals surface area contributed by atoms with Gasteiger partial charge in [-0.1, -0.05) is 0 Å². The van der Waals surface area contributed by atoms with Gasteiger partial charge < -0.3 is 10.1 Å². The molecule has 2 fully saturated rings. The van der Waals surface area contributed by atoms with Gasteiger partial charge in [0.05, 0.1) is 19.2 Å². The number of piperazine rings is 1. The summed E-state index contributed by atoms with van der Waals surface area (Å²) in [4.78, 5) is 2.66. The Morgan fingerprint density at radius 3 is 2.44 bits per heavy atom. The third-order valence-corrected chi connectivity index (χ3v) is 4.01. The van der Waals surface area contributed by atoms with Crippen LogP contribution in [0.4, 0.5) is 0 Å². The summed E-state index contributed by atoms with van der Waals surface area (Å²) in [6, 6.07) is 0. The molecule has 16 heavy (non-hydrogen) atoms. The van der Waals surface area contributed by atoms with Crippen molar-refractivity contribution < 1.29 is 10.1 Å². The van der Waals surface area contributed by atoms with E-state index >= 15 is 0 Å². The molecule has 0 aromatic carbocycles. The highest BCUT2D eigenvalue weighted by molar-refractivity contribution is 4.76. The van der Waals surface area contributed by atoms with Crippen LogP contribution in [-0.4, -0.2) is 50.3 Å². The molecule has 1 aliphatic heterocycles. The molecule has 1 saturated carbocycles. The van der Waals surface area contributed by atoms with Crippen LogP contribution in [0.25, 0.3) is 0 Å². The number of quaternary nitrogens is 1. The van der Waals surface area contributed by atoms with E-state index in [1.165, 1.54) is 58.4 Å². The van der Waals surface area contributed by atoms with E-state index in [1.807, 2.05) is 0 Å². The summed E-state index contributed by atoms with van der Waals surface area (Å²) in [5.41, 5.74) is 0. The maximum absolute atomic E-state index is 5.70. The van der Waals surface area contributed by atoms with E-state index in [9.17, 15) is 0 Å². The molecule has 3 heteroatoms. The van der Waals surface area contributed by atoms with Gasteiger partial charge in [-0.15, -0.1) is 0 Å². The van der Waals surface area contributed by atoms with Gasteiger partial charge in [0, 0.05) is 26.2 Å². The van der Waals surface area contributed by atoms with Crippen LogP contribution in [0.3, 0.4) is 0 Å². The van der Waals surface area contributed by atoms with Crippen LogP contribution in [0.1, 0.15) is 32.6 Å². The molecule has 94 valence electrons. The van der Waals surface area contributed by atoms with Crippen LogP contribution in [0.2, 0.25) is 0 Å². The van der Waals surface area contributed by atoms with Crippen molar-refractivity contribution in [3.05, 3.63) is 0 Å². The maximum atomic E-state index is 5.70. The highest BCUT2D eigenvalue weighted by Crippen LogP contribution is 2.26. The van der Waals surface area contributed by atoms with Gasteiger partial charge in [-0.3, -0.25) is 4.90 Å². The van der Waals surface area contributed by atoms with E-state index in [0.29, 0.717) is 6.10 Å². The third kappa shape index (κ3) is 3.72. The first-order valence-corrected chi connectivity index (χ1v) is 7.04. The summed E-state index contributed by atoms with van der Waals surface area (Å²) >= 11 is 0. The first-order chi connectivity index (χ1) is 7.88. The Morgan fingerprint density at radius 2 is 1.81 bits per heavy atom. The van der Waals surface area contributed by atoms with Gasteiger partial charge in [-0.2, -0.15) is 0 Å². The number of hydrogen-bond acceptors (Lipinski definition) is 2. The fourth-order valence-electron chi connectivity index (χ4n) is 3.07. The van der Waals surface area contributed by atoms with Crippen molar-refractivity contribution in [3.8, 4) is 0 Å². The van der Waals surface area contributed by atoms with Crippen molar-refractivity contribution >= 4 is 0 Å². The van der Waals surface area contributed by atoms with Crippen LogP contribution in [0, 0.1) is 5.92 Å². The van der Waals surface area contributed by atoms with E-state index in [1.54, 1.807) is 0 Å². The van der Waals surface area contributed by atoms with Crippen molar-refractivity contribution in [3.63, 3.8) is 0 Å². The van der Waals surface area contributed by atoms with E-state index in [0.717, 1.165) is 12.5 Å². The average molecular weight is 227 g/mol. The average Bonchev–Trinajstić information content (AvgIpc) is 2.33. The fourth-order valence-corrected chi connectivity index (χ4v) is 3.07. The SMILES string of the molecule is CCOC1CCC(CN2CC[NH2+]CC2)CC1. The highest BCUT2D eigenvalue weighted by atomic mass is 16.5. The number of hydrogen-bond donors (Lipinski definition) is 1. The predicted octanol–water partition coefficient (Wildman–Crippen LogP) is 0.461. The molecule has 2 aliphatic rings. The standard InChI is InChI=1S/C13H26N2O/c1-2-16-13-5-3-12(4-6-13)11-15-9-7-14-8-10-15/h12-14H,2-11H2,1H3/p+1. The van der Waals surface area contributed by atoms with Gasteiger partial charge in [0.1, 0.15) is 0 Å². The molecule has 0 spiro atoms. The Morgan fingerprint density at radius 1 is 1.12 bits per heavy atom. The minimum absolute atomic E-state index is 0.566. The molecular weight excluding hydrogens is 200 g/mol. The monoisotopic (exact) mass is 227 g/mol. The molecule has 2 N–H and O–H groups in total. The zero-order chi connectivity index (χ0) is 11.2. The van der Waals surface area contributed by atoms with Gasteiger partial charge in [-0.25, -0.2) is 0 Å². The Balaban J connectivity index is 1.64. The predicted molar refractivity (Wildman–Crippen MR) is 65.5 cm³/mol. The molecule has 0 aromatic rings. The highest BCUT2D eigenvalue weighted by Gasteiger charge is 2.24. The second-order valence-electron chi connectivity index (χ2n) is 5.26. The van der Waals surface area contributed by atoms with Gasteiger partial charge in [-0.05, 0) is 38.5 Å². The summed E-state index contributed by atoms with van der Waals surface area (Å²) in [7, 11) is 0. The molecule has 0 radical (unpaired) electrons. The largest absolute Gasteiger partial charge is 0.379 e. The molecule has 1 aliphatic carbocycles. The summed E-state index contributed by atoms with van der Waals surface area (Å²) in [5.74, 6) is 0.940. The molecule has 1 saturated heterocycles. The Labute approximate surface area is 99.5 Å². The van der Waals surface area contributed by atoms with Crippen LogP contribution in [0.5, 0.6) is 0 Å². The molecule has 0 atom stereocenters. The Kier molecular flexibility index (Phi) is 5.07. The molecule has 2 rings (SSSR count). The third-order valence-electron chi connectivity index (χ3n) is 4.01. The lowest BCUT2D eigenvalue weighted by molar-refractivity contribution is -0.663. The molecule has 0 aromatic heterocycles.